The Morgan fingerprint density at radius 2 is 1.80 bits per heavy atom. The molecular formula is C31H32F2N4O3. The molecule has 1 aliphatic heterocycles. The fourth-order valence-corrected chi connectivity index (χ4v) is 7.02. The first kappa shape index (κ1) is 25.4. The fourth-order valence-electron chi connectivity index (χ4n) is 7.02. The Balaban J connectivity index is 1.38. The van der Waals surface area contributed by atoms with Crippen LogP contribution in [-0.2, 0) is 9.53 Å². The molecule has 40 heavy (non-hydrogen) atoms. The number of carbonyl (C=O) groups is 1. The second-order valence-electron chi connectivity index (χ2n) is 11.6. The summed E-state index contributed by atoms with van der Waals surface area (Å²) in [6.45, 7) is 3.82. The lowest BCUT2D eigenvalue weighted by Gasteiger charge is -2.37. The molecule has 0 radical (unpaired) electrons. The fraction of sp³-hybridized carbons (Fsp3) is 0.452. The van der Waals surface area contributed by atoms with Crippen LogP contribution in [0.4, 0.5) is 14.5 Å². The van der Waals surface area contributed by atoms with Gasteiger partial charge in [0.15, 0.2) is 11.6 Å². The van der Waals surface area contributed by atoms with Crippen molar-refractivity contribution >= 4 is 22.6 Å². The normalized spacial score (nSPS) is 26.4. The van der Waals surface area contributed by atoms with Gasteiger partial charge < -0.3 is 18.7 Å². The lowest BCUT2D eigenvalue weighted by atomic mass is 9.91. The van der Waals surface area contributed by atoms with Crippen LogP contribution in [0.25, 0.3) is 22.2 Å². The maximum Gasteiger partial charge on any atom is 0.231 e. The molecule has 1 saturated heterocycles. The van der Waals surface area contributed by atoms with E-state index in [9.17, 15) is 13.6 Å². The Hall–Kier alpha value is -3.59. The minimum Gasteiger partial charge on any atom is -0.381 e. The lowest BCUT2D eigenvalue weighted by molar-refractivity contribution is -0.121. The van der Waals surface area contributed by atoms with Crippen LogP contribution in [0.15, 0.2) is 40.9 Å². The third-order valence-electron chi connectivity index (χ3n) is 9.18. The first-order valence-corrected chi connectivity index (χ1v) is 14.1. The highest BCUT2D eigenvalue weighted by atomic mass is 19.2. The Morgan fingerprint density at radius 3 is 2.50 bits per heavy atom. The number of hydrogen-bond acceptors (Lipinski definition) is 5. The number of aromatic nitrogens is 3. The van der Waals surface area contributed by atoms with Crippen molar-refractivity contribution in [1.82, 2.24) is 14.7 Å². The molecule has 2 aliphatic carbocycles. The second-order valence-corrected chi connectivity index (χ2v) is 11.6. The van der Waals surface area contributed by atoms with E-state index in [1.54, 1.807) is 12.0 Å². The van der Waals surface area contributed by atoms with Gasteiger partial charge in [0.1, 0.15) is 11.6 Å². The van der Waals surface area contributed by atoms with Gasteiger partial charge in [-0.15, -0.1) is 0 Å². The van der Waals surface area contributed by atoms with E-state index in [0.29, 0.717) is 5.69 Å². The van der Waals surface area contributed by atoms with Crippen LogP contribution in [-0.4, -0.2) is 33.8 Å². The Labute approximate surface area is 231 Å². The lowest BCUT2D eigenvalue weighted by Crippen LogP contribution is -2.41. The molecule has 2 aromatic heterocycles. The molecule has 208 valence electrons. The monoisotopic (exact) mass is 546 g/mol. The standard InChI is InChI=1S/C31H32F2N4O3/c1-16-29(17(2)40-35-16)18-4-11-27-26(13-18)34-30(36(27)20-5-8-22(39-3)9-6-20)28-14-19-12-23(19)31(38)37(28)21-7-10-24(32)25(33)15-21/h4,7,10-11,13,15,19-20,22-23,28H,5-6,8-9,12,14H2,1-3H3. The SMILES string of the molecule is COC1CCC(n2c(C3CC4CC4C(=O)N3c3ccc(F)c(F)c3)nc3cc(-c4c(C)noc4C)ccc32)CC1. The van der Waals surface area contributed by atoms with E-state index in [1.165, 1.54) is 6.07 Å². The number of nitrogens with zero attached hydrogens (tertiary/aromatic N) is 4. The zero-order valence-electron chi connectivity index (χ0n) is 22.9. The molecule has 3 fully saturated rings. The van der Waals surface area contributed by atoms with Gasteiger partial charge in [0, 0.05) is 36.4 Å². The van der Waals surface area contributed by atoms with Crippen molar-refractivity contribution < 1.29 is 22.8 Å². The summed E-state index contributed by atoms with van der Waals surface area (Å²) >= 11 is 0. The van der Waals surface area contributed by atoms with E-state index in [0.717, 1.165) is 90.1 Å². The second kappa shape index (κ2) is 9.51. The number of fused-ring (bicyclic) bond motifs is 2. The van der Waals surface area contributed by atoms with Crippen LogP contribution in [0.3, 0.4) is 0 Å². The van der Waals surface area contributed by atoms with Gasteiger partial charge >= 0.3 is 0 Å². The summed E-state index contributed by atoms with van der Waals surface area (Å²) in [6, 6.07) is 9.78. The topological polar surface area (TPSA) is 73.4 Å². The number of anilines is 1. The largest absolute Gasteiger partial charge is 0.381 e. The zero-order valence-corrected chi connectivity index (χ0v) is 22.9. The van der Waals surface area contributed by atoms with Crippen LogP contribution in [0.1, 0.15) is 67.9 Å². The Morgan fingerprint density at radius 1 is 1.00 bits per heavy atom. The van der Waals surface area contributed by atoms with Crippen LogP contribution in [0, 0.1) is 37.3 Å². The highest BCUT2D eigenvalue weighted by molar-refractivity contribution is 5.98. The predicted octanol–water partition coefficient (Wildman–Crippen LogP) is 6.83. The summed E-state index contributed by atoms with van der Waals surface area (Å²) in [7, 11) is 1.76. The molecule has 7 rings (SSSR count). The molecule has 3 heterocycles. The summed E-state index contributed by atoms with van der Waals surface area (Å²) in [5, 5.41) is 4.12. The summed E-state index contributed by atoms with van der Waals surface area (Å²) in [5.74, 6) is -0.155. The number of methoxy groups -OCH3 is 1. The Bertz CT molecular complexity index is 1600. The number of amides is 1. The van der Waals surface area contributed by atoms with E-state index in [-0.39, 0.29) is 35.9 Å². The highest BCUT2D eigenvalue weighted by Crippen LogP contribution is 2.54. The summed E-state index contributed by atoms with van der Waals surface area (Å²) < 4.78 is 41.6. The van der Waals surface area contributed by atoms with Crippen molar-refractivity contribution in [3.63, 3.8) is 0 Å². The van der Waals surface area contributed by atoms with Crippen LogP contribution in [0.2, 0.25) is 0 Å². The molecule has 0 bridgehead atoms. The van der Waals surface area contributed by atoms with Crippen LogP contribution >= 0.6 is 0 Å². The number of piperidine rings is 1. The van der Waals surface area contributed by atoms with Gasteiger partial charge in [-0.3, -0.25) is 4.79 Å². The molecule has 7 nitrogen and oxygen atoms in total. The molecule has 2 aromatic carbocycles. The number of imidazole rings is 1. The third-order valence-corrected chi connectivity index (χ3v) is 9.18. The van der Waals surface area contributed by atoms with E-state index >= 15 is 0 Å². The number of halogens is 2. The quantitative estimate of drug-likeness (QED) is 0.274. The van der Waals surface area contributed by atoms with Crippen molar-refractivity contribution in [2.75, 3.05) is 12.0 Å². The number of carbonyl (C=O) groups excluding carboxylic acids is 1. The number of benzene rings is 2. The van der Waals surface area contributed by atoms with Gasteiger partial charge in [-0.25, -0.2) is 13.8 Å². The molecular weight excluding hydrogens is 514 g/mol. The van der Waals surface area contributed by atoms with Gasteiger partial charge in [0.2, 0.25) is 5.91 Å². The summed E-state index contributed by atoms with van der Waals surface area (Å²) in [6.07, 6.45) is 5.55. The number of hydrogen-bond donors (Lipinski definition) is 0. The molecule has 0 spiro atoms. The smallest absolute Gasteiger partial charge is 0.231 e. The molecule has 3 aliphatic rings. The van der Waals surface area contributed by atoms with Crippen molar-refractivity contribution in [2.45, 2.75) is 70.6 Å². The molecule has 2 saturated carbocycles. The van der Waals surface area contributed by atoms with Gasteiger partial charge in [-0.1, -0.05) is 11.2 Å². The molecule has 9 heteroatoms. The van der Waals surface area contributed by atoms with Crippen molar-refractivity contribution in [3.8, 4) is 11.1 Å². The maximum atomic E-state index is 14.4. The summed E-state index contributed by atoms with van der Waals surface area (Å²) in [4.78, 5) is 20.5. The van der Waals surface area contributed by atoms with Crippen LogP contribution < -0.4 is 4.90 Å². The van der Waals surface area contributed by atoms with Gasteiger partial charge in [0.25, 0.3) is 0 Å². The molecule has 3 atom stereocenters. The average molecular weight is 547 g/mol. The molecule has 0 N–H and O–H groups in total. The van der Waals surface area contributed by atoms with E-state index in [1.807, 2.05) is 13.8 Å². The maximum absolute atomic E-state index is 14.4. The molecule has 1 amide bonds. The first-order chi connectivity index (χ1) is 19.3. The van der Waals surface area contributed by atoms with Crippen molar-refractivity contribution in [3.05, 3.63) is 65.3 Å². The van der Waals surface area contributed by atoms with Gasteiger partial charge in [0.05, 0.1) is 28.9 Å². The number of rotatable bonds is 5. The van der Waals surface area contributed by atoms with Crippen molar-refractivity contribution in [2.24, 2.45) is 11.8 Å². The van der Waals surface area contributed by atoms with Gasteiger partial charge in [-0.05, 0) is 88.1 Å². The average Bonchev–Trinajstić information content (AvgIpc) is 3.54. The zero-order chi connectivity index (χ0) is 27.7. The number of aryl methyl sites for hydroxylation is 2. The first-order valence-electron chi connectivity index (χ1n) is 14.1. The van der Waals surface area contributed by atoms with Crippen molar-refractivity contribution in [1.29, 1.82) is 0 Å². The Kier molecular flexibility index (Phi) is 6.03. The van der Waals surface area contributed by atoms with E-state index in [4.69, 9.17) is 14.2 Å². The van der Waals surface area contributed by atoms with E-state index < -0.39 is 11.6 Å². The highest BCUT2D eigenvalue weighted by Gasteiger charge is 2.54. The van der Waals surface area contributed by atoms with E-state index in [2.05, 4.69) is 27.9 Å². The molecule has 3 unspecified atom stereocenters. The third kappa shape index (κ3) is 4.05. The molecule has 4 aromatic rings. The minimum atomic E-state index is -0.961. The number of ether oxygens (including phenoxy) is 1. The minimum absolute atomic E-state index is 0.0367. The van der Waals surface area contributed by atoms with Gasteiger partial charge in [-0.2, -0.15) is 0 Å². The predicted molar refractivity (Wildman–Crippen MR) is 146 cm³/mol. The van der Waals surface area contributed by atoms with Crippen LogP contribution in [0.5, 0.6) is 0 Å². The summed E-state index contributed by atoms with van der Waals surface area (Å²) in [5.41, 5.74) is 4.95.